The lowest BCUT2D eigenvalue weighted by molar-refractivity contribution is 0.585. The van der Waals surface area contributed by atoms with Gasteiger partial charge in [-0.1, -0.05) is 26.8 Å². The SMILES string of the molecule is Cc1ccc(F)cc1NCc1cnc(C(C)(C)C)s1. The van der Waals surface area contributed by atoms with Crippen molar-refractivity contribution in [2.45, 2.75) is 39.7 Å². The highest BCUT2D eigenvalue weighted by Crippen LogP contribution is 2.27. The van der Waals surface area contributed by atoms with Gasteiger partial charge in [-0.05, 0) is 24.6 Å². The molecule has 4 heteroatoms. The molecule has 0 amide bonds. The third-order valence-corrected chi connectivity index (χ3v) is 4.27. The van der Waals surface area contributed by atoms with Crippen LogP contribution in [0.25, 0.3) is 0 Å². The molecule has 0 radical (unpaired) electrons. The second-order valence-electron chi connectivity index (χ2n) is 5.69. The Bertz CT molecular complexity index is 570. The lowest BCUT2D eigenvalue weighted by atomic mass is 9.98. The summed E-state index contributed by atoms with van der Waals surface area (Å²) in [5.74, 6) is -0.215. The van der Waals surface area contributed by atoms with Crippen molar-refractivity contribution in [3.8, 4) is 0 Å². The van der Waals surface area contributed by atoms with Crippen LogP contribution in [0.15, 0.2) is 24.4 Å². The minimum atomic E-state index is -0.215. The smallest absolute Gasteiger partial charge is 0.125 e. The van der Waals surface area contributed by atoms with Crippen LogP contribution in [0.2, 0.25) is 0 Å². The number of aromatic nitrogens is 1. The maximum Gasteiger partial charge on any atom is 0.125 e. The van der Waals surface area contributed by atoms with Crippen molar-refractivity contribution < 1.29 is 4.39 Å². The molecule has 1 aromatic carbocycles. The molecule has 0 unspecified atom stereocenters. The summed E-state index contributed by atoms with van der Waals surface area (Å²) in [6.45, 7) is 9.10. The van der Waals surface area contributed by atoms with Crippen LogP contribution in [0.3, 0.4) is 0 Å². The van der Waals surface area contributed by atoms with E-state index >= 15 is 0 Å². The fourth-order valence-corrected chi connectivity index (χ4v) is 2.61. The Morgan fingerprint density at radius 2 is 2.05 bits per heavy atom. The number of nitrogens with zero attached hydrogens (tertiary/aromatic N) is 1. The first-order valence-corrected chi connectivity index (χ1v) is 7.13. The molecule has 2 nitrogen and oxygen atoms in total. The highest BCUT2D eigenvalue weighted by molar-refractivity contribution is 7.11. The number of hydrogen-bond donors (Lipinski definition) is 1. The number of nitrogens with one attached hydrogen (secondary N) is 1. The molecule has 0 bridgehead atoms. The van der Waals surface area contributed by atoms with E-state index in [-0.39, 0.29) is 11.2 Å². The van der Waals surface area contributed by atoms with Gasteiger partial charge < -0.3 is 5.32 Å². The Kier molecular flexibility index (Phi) is 3.90. The molecule has 1 N–H and O–H groups in total. The average Bonchev–Trinajstić information content (AvgIpc) is 2.79. The van der Waals surface area contributed by atoms with Gasteiger partial charge in [0.2, 0.25) is 0 Å². The molecule has 2 rings (SSSR count). The van der Waals surface area contributed by atoms with E-state index in [9.17, 15) is 4.39 Å². The summed E-state index contributed by atoms with van der Waals surface area (Å²) in [4.78, 5) is 5.60. The number of benzene rings is 1. The van der Waals surface area contributed by atoms with E-state index in [1.165, 1.54) is 12.1 Å². The largest absolute Gasteiger partial charge is 0.380 e. The Hall–Kier alpha value is -1.42. The molecule has 0 aliphatic rings. The monoisotopic (exact) mass is 278 g/mol. The van der Waals surface area contributed by atoms with Crippen LogP contribution in [0.5, 0.6) is 0 Å². The number of halogens is 1. The molecule has 2 aromatic rings. The van der Waals surface area contributed by atoms with Crippen molar-refractivity contribution in [3.63, 3.8) is 0 Å². The standard InChI is InChI=1S/C15H19FN2S/c1-10-5-6-11(16)7-13(10)17-8-12-9-18-14(19-12)15(2,3)4/h5-7,9,17H,8H2,1-4H3. The summed E-state index contributed by atoms with van der Waals surface area (Å²) in [7, 11) is 0. The fraction of sp³-hybridized carbons (Fsp3) is 0.400. The molecular formula is C15H19FN2S. The van der Waals surface area contributed by atoms with E-state index in [1.807, 2.05) is 13.1 Å². The summed E-state index contributed by atoms with van der Waals surface area (Å²) in [5.41, 5.74) is 1.96. The van der Waals surface area contributed by atoms with Crippen molar-refractivity contribution >= 4 is 17.0 Å². The van der Waals surface area contributed by atoms with E-state index in [1.54, 1.807) is 17.4 Å². The first kappa shape index (κ1) is 14.0. The molecule has 0 spiro atoms. The summed E-state index contributed by atoms with van der Waals surface area (Å²) in [5, 5.41) is 4.39. The Morgan fingerprint density at radius 3 is 2.68 bits per heavy atom. The number of hydrogen-bond acceptors (Lipinski definition) is 3. The van der Waals surface area contributed by atoms with Crippen LogP contribution in [-0.2, 0) is 12.0 Å². The first-order chi connectivity index (χ1) is 8.86. The van der Waals surface area contributed by atoms with E-state index < -0.39 is 0 Å². The number of thiazole rings is 1. The van der Waals surface area contributed by atoms with E-state index in [4.69, 9.17) is 0 Å². The van der Waals surface area contributed by atoms with Crippen LogP contribution in [0.4, 0.5) is 10.1 Å². The highest BCUT2D eigenvalue weighted by Gasteiger charge is 2.17. The van der Waals surface area contributed by atoms with Gasteiger partial charge in [0.1, 0.15) is 5.82 Å². The van der Waals surface area contributed by atoms with Crippen molar-refractivity contribution in [1.29, 1.82) is 0 Å². The first-order valence-electron chi connectivity index (χ1n) is 6.31. The number of anilines is 1. The molecule has 0 aliphatic carbocycles. The molecule has 0 saturated carbocycles. The minimum Gasteiger partial charge on any atom is -0.380 e. The van der Waals surface area contributed by atoms with E-state index in [0.29, 0.717) is 6.54 Å². The Balaban J connectivity index is 2.06. The van der Waals surface area contributed by atoms with Gasteiger partial charge in [0.25, 0.3) is 0 Å². The van der Waals surface area contributed by atoms with Crippen LogP contribution < -0.4 is 5.32 Å². The number of aryl methyl sites for hydroxylation is 1. The van der Waals surface area contributed by atoms with Crippen LogP contribution >= 0.6 is 11.3 Å². The quantitative estimate of drug-likeness (QED) is 0.894. The topological polar surface area (TPSA) is 24.9 Å². The van der Waals surface area contributed by atoms with Gasteiger partial charge in [-0.25, -0.2) is 9.37 Å². The van der Waals surface area contributed by atoms with Gasteiger partial charge in [0.05, 0.1) is 11.6 Å². The second-order valence-corrected chi connectivity index (χ2v) is 6.81. The zero-order valence-corrected chi connectivity index (χ0v) is 12.6. The van der Waals surface area contributed by atoms with Gasteiger partial charge in [0.15, 0.2) is 0 Å². The Morgan fingerprint density at radius 1 is 1.32 bits per heavy atom. The molecule has 0 saturated heterocycles. The lowest BCUT2D eigenvalue weighted by Gasteiger charge is -2.13. The molecule has 102 valence electrons. The van der Waals surface area contributed by atoms with Gasteiger partial charge in [-0.15, -0.1) is 11.3 Å². The molecule has 1 heterocycles. The zero-order chi connectivity index (χ0) is 14.0. The van der Waals surface area contributed by atoms with Crippen molar-refractivity contribution in [1.82, 2.24) is 4.98 Å². The number of rotatable bonds is 3. The molecule has 19 heavy (non-hydrogen) atoms. The summed E-state index contributed by atoms with van der Waals surface area (Å²) >= 11 is 1.70. The van der Waals surface area contributed by atoms with Gasteiger partial charge in [0, 0.05) is 22.2 Å². The second kappa shape index (κ2) is 5.29. The average molecular weight is 278 g/mol. The predicted octanol–water partition coefficient (Wildman–Crippen LogP) is 4.50. The summed E-state index contributed by atoms with van der Waals surface area (Å²) in [6.07, 6.45) is 1.90. The summed E-state index contributed by atoms with van der Waals surface area (Å²) < 4.78 is 13.2. The van der Waals surface area contributed by atoms with E-state index in [0.717, 1.165) is 21.1 Å². The zero-order valence-electron chi connectivity index (χ0n) is 11.7. The van der Waals surface area contributed by atoms with E-state index in [2.05, 4.69) is 31.1 Å². The molecular weight excluding hydrogens is 259 g/mol. The molecule has 1 aromatic heterocycles. The maximum absolute atomic E-state index is 13.2. The van der Waals surface area contributed by atoms with Crippen molar-refractivity contribution in [3.05, 3.63) is 45.7 Å². The summed E-state index contributed by atoms with van der Waals surface area (Å²) in [6, 6.07) is 4.79. The lowest BCUT2D eigenvalue weighted by Crippen LogP contribution is -2.09. The van der Waals surface area contributed by atoms with Crippen molar-refractivity contribution in [2.75, 3.05) is 5.32 Å². The maximum atomic E-state index is 13.2. The molecule has 0 fully saturated rings. The third-order valence-electron chi connectivity index (χ3n) is 2.85. The fourth-order valence-electron chi connectivity index (χ4n) is 1.70. The predicted molar refractivity (Wildman–Crippen MR) is 79.3 cm³/mol. The van der Waals surface area contributed by atoms with Crippen LogP contribution in [0.1, 0.15) is 36.2 Å². The van der Waals surface area contributed by atoms with Gasteiger partial charge >= 0.3 is 0 Å². The van der Waals surface area contributed by atoms with Crippen molar-refractivity contribution in [2.24, 2.45) is 0 Å². The molecule has 0 atom stereocenters. The van der Waals surface area contributed by atoms with Crippen LogP contribution in [-0.4, -0.2) is 4.98 Å². The normalized spacial score (nSPS) is 11.6. The minimum absolute atomic E-state index is 0.0810. The highest BCUT2D eigenvalue weighted by atomic mass is 32.1. The third kappa shape index (κ3) is 3.53. The van der Waals surface area contributed by atoms with Gasteiger partial charge in [-0.2, -0.15) is 0 Å². The van der Waals surface area contributed by atoms with Crippen LogP contribution in [0, 0.1) is 12.7 Å². The Labute approximate surface area is 117 Å². The molecule has 0 aliphatic heterocycles. The van der Waals surface area contributed by atoms with Gasteiger partial charge in [-0.3, -0.25) is 0 Å².